The molecule has 23 heavy (non-hydrogen) atoms. The van der Waals surface area contributed by atoms with Gasteiger partial charge in [-0.05, 0) is 45.7 Å². The second kappa shape index (κ2) is 6.37. The lowest BCUT2D eigenvalue weighted by atomic mass is 9.93. The molecular weight excluding hydrogens is 309 g/mol. The van der Waals surface area contributed by atoms with E-state index in [9.17, 15) is 18.0 Å². The van der Waals surface area contributed by atoms with Crippen LogP contribution in [0.25, 0.3) is 0 Å². The number of amides is 1. The van der Waals surface area contributed by atoms with Crippen molar-refractivity contribution in [2.45, 2.75) is 51.3 Å². The number of hydrogen-bond donors (Lipinski definition) is 0. The number of aromatic nitrogens is 1. The average molecular weight is 330 g/mol. The molecule has 4 nitrogen and oxygen atoms in total. The molecule has 2 heterocycles. The highest BCUT2D eigenvalue weighted by atomic mass is 19.4. The number of hydrogen-bond acceptors (Lipinski definition) is 3. The van der Waals surface area contributed by atoms with Crippen molar-refractivity contribution < 1.29 is 22.7 Å². The lowest BCUT2D eigenvalue weighted by Crippen LogP contribution is -2.41. The largest absolute Gasteiger partial charge is 0.444 e. The predicted octanol–water partition coefficient (Wildman–Crippen LogP) is 4.21. The smallest absolute Gasteiger partial charge is 0.417 e. The van der Waals surface area contributed by atoms with Gasteiger partial charge in [0.25, 0.3) is 0 Å². The van der Waals surface area contributed by atoms with Crippen LogP contribution in [-0.4, -0.2) is 34.7 Å². The summed E-state index contributed by atoms with van der Waals surface area (Å²) in [7, 11) is 0. The van der Waals surface area contributed by atoms with Crippen molar-refractivity contribution in [3.8, 4) is 0 Å². The van der Waals surface area contributed by atoms with Crippen LogP contribution in [-0.2, 0) is 10.9 Å². The summed E-state index contributed by atoms with van der Waals surface area (Å²) in [6.45, 7) is 6.46. The number of piperidine rings is 1. The molecule has 1 saturated heterocycles. The fourth-order valence-electron chi connectivity index (χ4n) is 2.50. The molecule has 0 atom stereocenters. The first-order chi connectivity index (χ1) is 10.6. The molecule has 1 aromatic rings. The summed E-state index contributed by atoms with van der Waals surface area (Å²) in [5.41, 5.74) is -0.641. The minimum atomic E-state index is -4.37. The second-order valence-electron chi connectivity index (χ2n) is 6.71. The zero-order valence-corrected chi connectivity index (χ0v) is 13.5. The van der Waals surface area contributed by atoms with E-state index >= 15 is 0 Å². The number of carbonyl (C=O) groups excluding carboxylic acids is 1. The van der Waals surface area contributed by atoms with Crippen molar-refractivity contribution in [1.29, 1.82) is 0 Å². The highest BCUT2D eigenvalue weighted by molar-refractivity contribution is 5.68. The van der Waals surface area contributed by atoms with Gasteiger partial charge in [0.2, 0.25) is 0 Å². The Morgan fingerprint density at radius 3 is 2.26 bits per heavy atom. The number of halogens is 3. The molecule has 0 aliphatic carbocycles. The van der Waals surface area contributed by atoms with Crippen LogP contribution in [0.4, 0.5) is 18.0 Å². The topological polar surface area (TPSA) is 42.4 Å². The van der Waals surface area contributed by atoms with Crippen molar-refractivity contribution in [3.05, 3.63) is 29.6 Å². The van der Waals surface area contributed by atoms with E-state index in [0.29, 0.717) is 31.6 Å². The third kappa shape index (κ3) is 4.84. The molecule has 0 aromatic carbocycles. The van der Waals surface area contributed by atoms with E-state index in [1.165, 1.54) is 6.07 Å². The van der Waals surface area contributed by atoms with Crippen LogP contribution in [0.3, 0.4) is 0 Å². The molecule has 1 aliphatic heterocycles. The van der Waals surface area contributed by atoms with Gasteiger partial charge >= 0.3 is 12.3 Å². The first-order valence-electron chi connectivity index (χ1n) is 7.57. The Labute approximate surface area is 133 Å². The predicted molar refractivity (Wildman–Crippen MR) is 79.0 cm³/mol. The molecule has 0 spiro atoms. The van der Waals surface area contributed by atoms with E-state index in [1.54, 1.807) is 4.90 Å². The maximum atomic E-state index is 12.5. The van der Waals surface area contributed by atoms with Crippen molar-refractivity contribution in [2.75, 3.05) is 13.1 Å². The van der Waals surface area contributed by atoms with Crippen LogP contribution in [0, 0.1) is 0 Å². The molecule has 1 aliphatic rings. The fraction of sp³-hybridized carbons (Fsp3) is 0.625. The summed E-state index contributed by atoms with van der Waals surface area (Å²) >= 11 is 0. The molecule has 1 aromatic heterocycles. The molecule has 128 valence electrons. The maximum absolute atomic E-state index is 12.5. The summed E-state index contributed by atoms with van der Waals surface area (Å²) in [4.78, 5) is 17.5. The molecule has 0 unspecified atom stereocenters. The Kier molecular flexibility index (Phi) is 4.87. The van der Waals surface area contributed by atoms with Crippen LogP contribution in [0.15, 0.2) is 18.3 Å². The highest BCUT2D eigenvalue weighted by Gasteiger charge is 2.32. The van der Waals surface area contributed by atoms with Gasteiger partial charge in [0.15, 0.2) is 0 Å². The minimum absolute atomic E-state index is 0.0657. The molecule has 0 radical (unpaired) electrons. The molecule has 0 saturated carbocycles. The van der Waals surface area contributed by atoms with Gasteiger partial charge in [0.1, 0.15) is 5.60 Å². The lowest BCUT2D eigenvalue weighted by Gasteiger charge is -2.33. The van der Waals surface area contributed by atoms with Crippen LogP contribution in [0.5, 0.6) is 0 Å². The van der Waals surface area contributed by atoms with Gasteiger partial charge in [-0.25, -0.2) is 4.79 Å². The fourth-order valence-corrected chi connectivity index (χ4v) is 2.50. The van der Waals surface area contributed by atoms with Gasteiger partial charge in [-0.2, -0.15) is 13.2 Å². The van der Waals surface area contributed by atoms with Crippen molar-refractivity contribution in [1.82, 2.24) is 9.88 Å². The zero-order chi connectivity index (χ0) is 17.3. The van der Waals surface area contributed by atoms with E-state index in [2.05, 4.69) is 4.98 Å². The van der Waals surface area contributed by atoms with Gasteiger partial charge in [-0.15, -0.1) is 0 Å². The summed E-state index contributed by atoms with van der Waals surface area (Å²) in [6.07, 6.45) is -2.52. The van der Waals surface area contributed by atoms with Gasteiger partial charge in [-0.3, -0.25) is 4.98 Å². The number of likely N-dealkylation sites (tertiary alicyclic amines) is 1. The number of alkyl halides is 3. The Bertz CT molecular complexity index is 542. The normalized spacial score (nSPS) is 17.2. The first kappa shape index (κ1) is 17.6. The first-order valence-corrected chi connectivity index (χ1v) is 7.57. The van der Waals surface area contributed by atoms with Crippen LogP contribution >= 0.6 is 0 Å². The van der Waals surface area contributed by atoms with Crippen molar-refractivity contribution in [2.24, 2.45) is 0 Å². The molecule has 0 N–H and O–H groups in total. The van der Waals surface area contributed by atoms with E-state index < -0.39 is 17.3 Å². The summed E-state index contributed by atoms with van der Waals surface area (Å²) in [5, 5.41) is 0. The molecule has 2 rings (SSSR count). The quantitative estimate of drug-likeness (QED) is 0.774. The molecule has 1 fully saturated rings. The van der Waals surface area contributed by atoms with Crippen molar-refractivity contribution in [3.63, 3.8) is 0 Å². The van der Waals surface area contributed by atoms with Crippen LogP contribution in [0.2, 0.25) is 0 Å². The summed E-state index contributed by atoms with van der Waals surface area (Å²) < 4.78 is 42.9. The van der Waals surface area contributed by atoms with Crippen molar-refractivity contribution >= 4 is 6.09 Å². The summed E-state index contributed by atoms with van der Waals surface area (Å²) in [6, 6.07) is 2.49. The van der Waals surface area contributed by atoms with Crippen LogP contribution < -0.4 is 0 Å². The highest BCUT2D eigenvalue weighted by Crippen LogP contribution is 2.31. The molecule has 1 amide bonds. The lowest BCUT2D eigenvalue weighted by molar-refractivity contribution is -0.137. The van der Waals surface area contributed by atoms with Gasteiger partial charge in [0, 0.05) is 30.9 Å². The van der Waals surface area contributed by atoms with E-state index in [1.807, 2.05) is 20.8 Å². The SMILES string of the molecule is CC(C)(C)OC(=O)N1CCC(c2ccc(C(F)(F)F)cn2)CC1. The minimum Gasteiger partial charge on any atom is -0.444 e. The monoisotopic (exact) mass is 330 g/mol. The molecule has 0 bridgehead atoms. The number of carbonyl (C=O) groups is 1. The third-order valence-corrected chi connectivity index (χ3v) is 3.68. The number of ether oxygens (including phenoxy) is 1. The van der Waals surface area contributed by atoms with Crippen LogP contribution in [0.1, 0.15) is 50.8 Å². The van der Waals surface area contributed by atoms with Gasteiger partial charge < -0.3 is 9.64 Å². The third-order valence-electron chi connectivity index (χ3n) is 3.68. The number of pyridine rings is 1. The Hall–Kier alpha value is -1.79. The van der Waals surface area contributed by atoms with E-state index in [-0.39, 0.29) is 12.0 Å². The molecular formula is C16H21F3N2O2. The zero-order valence-electron chi connectivity index (χ0n) is 13.5. The number of rotatable bonds is 1. The van der Waals surface area contributed by atoms with Gasteiger partial charge in [0.05, 0.1) is 5.56 Å². The summed E-state index contributed by atoms with van der Waals surface area (Å²) in [5.74, 6) is 0.0657. The van der Waals surface area contributed by atoms with E-state index in [0.717, 1.165) is 12.3 Å². The molecule has 7 heteroatoms. The van der Waals surface area contributed by atoms with E-state index in [4.69, 9.17) is 4.74 Å². The Morgan fingerprint density at radius 2 is 1.83 bits per heavy atom. The number of nitrogens with zero attached hydrogens (tertiary/aromatic N) is 2. The second-order valence-corrected chi connectivity index (χ2v) is 6.71. The maximum Gasteiger partial charge on any atom is 0.417 e. The average Bonchev–Trinajstić information content (AvgIpc) is 2.45. The standard InChI is InChI=1S/C16H21F3N2O2/c1-15(2,3)23-14(22)21-8-6-11(7-9-21)13-5-4-12(10-20-13)16(17,18)19/h4-5,10-11H,6-9H2,1-3H3. The Balaban J connectivity index is 1.93. The Morgan fingerprint density at radius 1 is 1.22 bits per heavy atom. The van der Waals surface area contributed by atoms with Gasteiger partial charge in [-0.1, -0.05) is 0 Å².